The molecule has 0 bridgehead atoms. The Labute approximate surface area is 134 Å². The second-order valence-electron chi connectivity index (χ2n) is 5.54. The summed E-state index contributed by atoms with van der Waals surface area (Å²) in [6.07, 6.45) is 5.08. The highest BCUT2D eigenvalue weighted by Crippen LogP contribution is 2.20. The summed E-state index contributed by atoms with van der Waals surface area (Å²) in [4.78, 5) is 8.60. The number of hydrogen-bond donors (Lipinski definition) is 0. The van der Waals surface area contributed by atoms with E-state index in [1.165, 1.54) is 0 Å². The maximum atomic E-state index is 5.58. The van der Waals surface area contributed by atoms with Gasteiger partial charge >= 0.3 is 0 Å². The van der Waals surface area contributed by atoms with Gasteiger partial charge in [0, 0.05) is 43.9 Å². The summed E-state index contributed by atoms with van der Waals surface area (Å²) in [6, 6.07) is 5.63. The molecule has 0 amide bonds. The predicted molar refractivity (Wildman–Crippen MR) is 83.9 cm³/mol. The molecule has 3 aromatic rings. The van der Waals surface area contributed by atoms with Crippen molar-refractivity contribution in [3.05, 3.63) is 42.2 Å². The molecule has 0 atom stereocenters. The molecule has 0 aliphatic rings. The van der Waals surface area contributed by atoms with E-state index in [2.05, 4.69) is 20.2 Å². The monoisotopic (exact) mass is 313 g/mol. The van der Waals surface area contributed by atoms with Crippen LogP contribution in [-0.4, -0.2) is 31.0 Å². The van der Waals surface area contributed by atoms with E-state index >= 15 is 0 Å². The van der Waals surface area contributed by atoms with Gasteiger partial charge in [0.05, 0.1) is 11.8 Å². The Morgan fingerprint density at radius 3 is 2.87 bits per heavy atom. The lowest BCUT2D eigenvalue weighted by molar-refractivity contribution is 0.233. The normalized spacial score (nSPS) is 11.1. The van der Waals surface area contributed by atoms with E-state index in [1.807, 2.05) is 45.3 Å². The molecule has 0 saturated heterocycles. The SMILES string of the molecule is CC(C)Oc1cc(-c2noc(CCc3ccn(C)n3)n2)ccn1. The standard InChI is InChI=1S/C16H19N5O2/c1-11(2)22-15-10-12(6-8-17-15)16-18-14(23-20-16)5-4-13-7-9-21(3)19-13/h6-11H,4-5H2,1-3H3. The Hall–Kier alpha value is -2.70. The lowest BCUT2D eigenvalue weighted by Crippen LogP contribution is -2.06. The zero-order chi connectivity index (χ0) is 16.2. The van der Waals surface area contributed by atoms with Crippen molar-refractivity contribution in [2.24, 2.45) is 7.05 Å². The van der Waals surface area contributed by atoms with Crippen molar-refractivity contribution in [2.75, 3.05) is 0 Å². The van der Waals surface area contributed by atoms with E-state index in [1.54, 1.807) is 10.9 Å². The van der Waals surface area contributed by atoms with Gasteiger partial charge < -0.3 is 9.26 Å². The van der Waals surface area contributed by atoms with E-state index in [0.717, 1.165) is 17.7 Å². The Morgan fingerprint density at radius 1 is 1.26 bits per heavy atom. The van der Waals surface area contributed by atoms with Crippen LogP contribution >= 0.6 is 0 Å². The summed E-state index contributed by atoms with van der Waals surface area (Å²) in [6.45, 7) is 3.91. The fourth-order valence-corrected chi connectivity index (χ4v) is 2.16. The molecule has 0 saturated carbocycles. The van der Waals surface area contributed by atoms with Crippen molar-refractivity contribution in [2.45, 2.75) is 32.8 Å². The van der Waals surface area contributed by atoms with E-state index < -0.39 is 0 Å². The number of aromatic nitrogens is 5. The van der Waals surface area contributed by atoms with Crippen LogP contribution in [0.1, 0.15) is 25.4 Å². The highest BCUT2D eigenvalue weighted by molar-refractivity contribution is 5.55. The Bertz CT molecular complexity index is 778. The first-order chi connectivity index (χ1) is 11.1. The minimum absolute atomic E-state index is 0.0666. The lowest BCUT2D eigenvalue weighted by Gasteiger charge is -2.08. The number of pyridine rings is 1. The highest BCUT2D eigenvalue weighted by atomic mass is 16.5. The van der Waals surface area contributed by atoms with Crippen molar-refractivity contribution in [1.82, 2.24) is 24.9 Å². The average molecular weight is 313 g/mol. The molecule has 3 heterocycles. The molecule has 0 aliphatic carbocycles. The van der Waals surface area contributed by atoms with Crippen LogP contribution in [0.4, 0.5) is 0 Å². The van der Waals surface area contributed by atoms with Gasteiger partial charge in [-0.25, -0.2) is 4.98 Å². The van der Waals surface area contributed by atoms with Gasteiger partial charge in [-0.3, -0.25) is 4.68 Å². The molecule has 0 unspecified atom stereocenters. The quantitative estimate of drug-likeness (QED) is 0.695. The van der Waals surface area contributed by atoms with Crippen LogP contribution in [0.15, 0.2) is 35.1 Å². The highest BCUT2D eigenvalue weighted by Gasteiger charge is 2.11. The molecular formula is C16H19N5O2. The van der Waals surface area contributed by atoms with Crippen molar-refractivity contribution in [3.63, 3.8) is 0 Å². The molecule has 7 nitrogen and oxygen atoms in total. The van der Waals surface area contributed by atoms with Crippen LogP contribution < -0.4 is 4.74 Å². The summed E-state index contributed by atoms with van der Waals surface area (Å²) in [5, 5.41) is 8.36. The molecule has 0 spiro atoms. The van der Waals surface area contributed by atoms with Gasteiger partial charge in [-0.15, -0.1) is 0 Å². The number of ether oxygens (including phenoxy) is 1. The number of nitrogens with zero attached hydrogens (tertiary/aromatic N) is 5. The van der Waals surface area contributed by atoms with Gasteiger partial charge in [0.2, 0.25) is 17.6 Å². The number of rotatable bonds is 6. The minimum Gasteiger partial charge on any atom is -0.475 e. The molecule has 120 valence electrons. The smallest absolute Gasteiger partial charge is 0.227 e. The molecule has 0 aromatic carbocycles. The fraction of sp³-hybridized carbons (Fsp3) is 0.375. The lowest BCUT2D eigenvalue weighted by atomic mass is 10.2. The van der Waals surface area contributed by atoms with E-state index in [0.29, 0.717) is 24.0 Å². The number of aryl methyl sites for hydroxylation is 3. The third-order valence-electron chi connectivity index (χ3n) is 3.18. The van der Waals surface area contributed by atoms with Crippen molar-refractivity contribution in [1.29, 1.82) is 0 Å². The molecule has 7 heteroatoms. The average Bonchev–Trinajstić information content (AvgIpc) is 3.13. The minimum atomic E-state index is 0.0666. The van der Waals surface area contributed by atoms with Crippen molar-refractivity contribution < 1.29 is 9.26 Å². The molecule has 0 aliphatic heterocycles. The molecule has 0 fully saturated rings. The summed E-state index contributed by atoms with van der Waals surface area (Å²) in [5.74, 6) is 1.68. The van der Waals surface area contributed by atoms with Gasteiger partial charge in [0.25, 0.3) is 0 Å². The van der Waals surface area contributed by atoms with Gasteiger partial charge in [-0.1, -0.05) is 5.16 Å². The summed E-state index contributed by atoms with van der Waals surface area (Å²) in [7, 11) is 1.90. The summed E-state index contributed by atoms with van der Waals surface area (Å²) < 4.78 is 12.7. The molecule has 3 aromatic heterocycles. The topological polar surface area (TPSA) is 78.9 Å². The number of hydrogen-bond acceptors (Lipinski definition) is 6. The van der Waals surface area contributed by atoms with Crippen LogP contribution in [0, 0.1) is 0 Å². The summed E-state index contributed by atoms with van der Waals surface area (Å²) >= 11 is 0. The molecule has 23 heavy (non-hydrogen) atoms. The second kappa shape index (κ2) is 6.60. The maximum absolute atomic E-state index is 5.58. The molecule has 0 N–H and O–H groups in total. The molecule has 0 radical (unpaired) electrons. The van der Waals surface area contributed by atoms with Crippen LogP contribution in [-0.2, 0) is 19.9 Å². The van der Waals surface area contributed by atoms with Crippen LogP contribution in [0.3, 0.4) is 0 Å². The third kappa shape index (κ3) is 3.94. The zero-order valence-corrected chi connectivity index (χ0v) is 13.4. The second-order valence-corrected chi connectivity index (χ2v) is 5.54. The Kier molecular flexibility index (Phi) is 4.36. The van der Waals surface area contributed by atoms with Gasteiger partial charge in [-0.05, 0) is 26.0 Å². The van der Waals surface area contributed by atoms with Crippen LogP contribution in [0.25, 0.3) is 11.4 Å². The van der Waals surface area contributed by atoms with Crippen LogP contribution in [0.5, 0.6) is 5.88 Å². The van der Waals surface area contributed by atoms with Gasteiger partial charge in [-0.2, -0.15) is 10.1 Å². The zero-order valence-electron chi connectivity index (χ0n) is 13.4. The fourth-order valence-electron chi connectivity index (χ4n) is 2.16. The Balaban J connectivity index is 1.69. The van der Waals surface area contributed by atoms with E-state index in [9.17, 15) is 0 Å². The maximum Gasteiger partial charge on any atom is 0.227 e. The van der Waals surface area contributed by atoms with Gasteiger partial charge in [0.1, 0.15) is 0 Å². The molecular weight excluding hydrogens is 294 g/mol. The first-order valence-electron chi connectivity index (χ1n) is 7.54. The van der Waals surface area contributed by atoms with E-state index in [4.69, 9.17) is 9.26 Å². The van der Waals surface area contributed by atoms with Crippen LogP contribution in [0.2, 0.25) is 0 Å². The summed E-state index contributed by atoms with van der Waals surface area (Å²) in [5.41, 5.74) is 1.83. The largest absolute Gasteiger partial charge is 0.475 e. The Morgan fingerprint density at radius 2 is 2.13 bits per heavy atom. The first kappa shape index (κ1) is 15.2. The third-order valence-corrected chi connectivity index (χ3v) is 3.18. The predicted octanol–water partition coefficient (Wildman–Crippen LogP) is 2.44. The first-order valence-corrected chi connectivity index (χ1v) is 7.54. The van der Waals surface area contributed by atoms with Crippen molar-refractivity contribution >= 4 is 0 Å². The molecule has 3 rings (SSSR count). The van der Waals surface area contributed by atoms with Crippen molar-refractivity contribution in [3.8, 4) is 17.3 Å². The van der Waals surface area contributed by atoms with E-state index in [-0.39, 0.29) is 6.10 Å². The van der Waals surface area contributed by atoms with Gasteiger partial charge in [0.15, 0.2) is 0 Å².